The van der Waals surface area contributed by atoms with Gasteiger partial charge in [0, 0.05) is 6.54 Å². The van der Waals surface area contributed by atoms with Crippen LogP contribution in [0.4, 0.5) is 5.69 Å². The van der Waals surface area contributed by atoms with Crippen LogP contribution in [0.3, 0.4) is 0 Å². The SMILES string of the molecule is C=CCNC(=O)C1(C(=O)Nc2ccccc2C#N)CC1. The van der Waals surface area contributed by atoms with Gasteiger partial charge in [0.05, 0.1) is 11.3 Å². The summed E-state index contributed by atoms with van der Waals surface area (Å²) in [5.74, 6) is -0.647. The molecule has 1 aliphatic rings. The number of hydrogen-bond acceptors (Lipinski definition) is 3. The molecule has 0 spiro atoms. The van der Waals surface area contributed by atoms with E-state index in [1.54, 1.807) is 30.3 Å². The highest BCUT2D eigenvalue weighted by atomic mass is 16.2. The lowest BCUT2D eigenvalue weighted by Gasteiger charge is -2.15. The number of hydrogen-bond donors (Lipinski definition) is 2. The second kappa shape index (κ2) is 5.57. The summed E-state index contributed by atoms with van der Waals surface area (Å²) >= 11 is 0. The zero-order valence-electron chi connectivity index (χ0n) is 11.0. The Hall–Kier alpha value is -2.61. The summed E-state index contributed by atoms with van der Waals surface area (Å²) < 4.78 is 0. The van der Waals surface area contributed by atoms with E-state index >= 15 is 0 Å². The molecular weight excluding hydrogens is 254 g/mol. The first kappa shape index (κ1) is 13.8. The fraction of sp³-hybridized carbons (Fsp3) is 0.267. The second-order valence-corrected chi connectivity index (χ2v) is 4.69. The topological polar surface area (TPSA) is 82.0 Å². The van der Waals surface area contributed by atoms with Crippen LogP contribution < -0.4 is 10.6 Å². The molecule has 2 N–H and O–H groups in total. The van der Waals surface area contributed by atoms with Crippen LogP contribution in [0, 0.1) is 16.7 Å². The lowest BCUT2D eigenvalue weighted by Crippen LogP contribution is -2.40. The maximum atomic E-state index is 12.3. The molecule has 0 aliphatic heterocycles. The number of nitrogens with one attached hydrogen (secondary N) is 2. The average Bonchev–Trinajstić information content (AvgIpc) is 3.27. The van der Waals surface area contributed by atoms with Crippen LogP contribution in [0.15, 0.2) is 36.9 Å². The Kier molecular flexibility index (Phi) is 3.85. The van der Waals surface area contributed by atoms with Gasteiger partial charge >= 0.3 is 0 Å². The number of para-hydroxylation sites is 1. The fourth-order valence-corrected chi connectivity index (χ4v) is 1.95. The van der Waals surface area contributed by atoms with Crippen LogP contribution in [-0.2, 0) is 9.59 Å². The van der Waals surface area contributed by atoms with Gasteiger partial charge in [0.15, 0.2) is 0 Å². The van der Waals surface area contributed by atoms with Crippen molar-refractivity contribution in [2.75, 3.05) is 11.9 Å². The molecule has 102 valence electrons. The van der Waals surface area contributed by atoms with Gasteiger partial charge in [-0.15, -0.1) is 6.58 Å². The molecular formula is C15H15N3O2. The first-order chi connectivity index (χ1) is 9.64. The molecule has 5 nitrogen and oxygen atoms in total. The highest BCUT2D eigenvalue weighted by Gasteiger charge is 2.56. The molecule has 20 heavy (non-hydrogen) atoms. The third-order valence-corrected chi connectivity index (χ3v) is 3.32. The minimum Gasteiger partial charge on any atom is -0.352 e. The van der Waals surface area contributed by atoms with Crippen molar-refractivity contribution in [2.24, 2.45) is 5.41 Å². The van der Waals surface area contributed by atoms with E-state index in [0.717, 1.165) is 0 Å². The number of anilines is 1. The summed E-state index contributed by atoms with van der Waals surface area (Å²) in [6, 6.07) is 8.72. The van der Waals surface area contributed by atoms with Gasteiger partial charge in [-0.05, 0) is 25.0 Å². The van der Waals surface area contributed by atoms with Crippen LogP contribution >= 0.6 is 0 Å². The minimum atomic E-state index is -0.994. The lowest BCUT2D eigenvalue weighted by molar-refractivity contribution is -0.134. The number of nitrogens with zero attached hydrogens (tertiary/aromatic N) is 1. The Labute approximate surface area is 117 Å². The van der Waals surface area contributed by atoms with E-state index in [9.17, 15) is 9.59 Å². The van der Waals surface area contributed by atoms with Gasteiger partial charge in [-0.1, -0.05) is 18.2 Å². The molecule has 1 aliphatic carbocycles. The predicted molar refractivity (Wildman–Crippen MR) is 74.7 cm³/mol. The zero-order valence-corrected chi connectivity index (χ0v) is 11.0. The summed E-state index contributed by atoms with van der Waals surface area (Å²) in [5.41, 5.74) is -0.183. The molecule has 2 amide bonds. The van der Waals surface area contributed by atoms with Gasteiger partial charge in [0.1, 0.15) is 11.5 Å². The smallest absolute Gasteiger partial charge is 0.240 e. The summed E-state index contributed by atoms with van der Waals surface area (Å²) in [6.45, 7) is 3.86. The third kappa shape index (κ3) is 2.54. The van der Waals surface area contributed by atoms with Crippen molar-refractivity contribution in [1.82, 2.24) is 5.32 Å². The Morgan fingerprint density at radius 3 is 2.65 bits per heavy atom. The van der Waals surface area contributed by atoms with E-state index in [2.05, 4.69) is 17.2 Å². The van der Waals surface area contributed by atoms with Crippen LogP contribution in [0.5, 0.6) is 0 Å². The molecule has 5 heteroatoms. The predicted octanol–water partition coefficient (Wildman–Crippen LogP) is 1.58. The van der Waals surface area contributed by atoms with Crippen molar-refractivity contribution < 1.29 is 9.59 Å². The van der Waals surface area contributed by atoms with Crippen molar-refractivity contribution in [2.45, 2.75) is 12.8 Å². The Morgan fingerprint density at radius 2 is 2.05 bits per heavy atom. The minimum absolute atomic E-state index is 0.288. The van der Waals surface area contributed by atoms with Crippen molar-refractivity contribution in [3.63, 3.8) is 0 Å². The molecule has 2 rings (SSSR count). The van der Waals surface area contributed by atoms with E-state index in [1.165, 1.54) is 0 Å². The molecule has 1 saturated carbocycles. The molecule has 1 aromatic carbocycles. The summed E-state index contributed by atoms with van der Waals surface area (Å²) in [7, 11) is 0. The number of amides is 2. The maximum absolute atomic E-state index is 12.3. The van der Waals surface area contributed by atoms with Gasteiger partial charge in [-0.3, -0.25) is 9.59 Å². The van der Waals surface area contributed by atoms with Crippen LogP contribution in [-0.4, -0.2) is 18.4 Å². The molecule has 1 aromatic rings. The first-order valence-corrected chi connectivity index (χ1v) is 6.34. The van der Waals surface area contributed by atoms with Crippen LogP contribution in [0.2, 0.25) is 0 Å². The zero-order chi connectivity index (χ0) is 14.6. The normalized spacial score (nSPS) is 14.8. The van der Waals surface area contributed by atoms with Gasteiger partial charge in [0.25, 0.3) is 0 Å². The third-order valence-electron chi connectivity index (χ3n) is 3.32. The fourth-order valence-electron chi connectivity index (χ4n) is 1.95. The number of rotatable bonds is 5. The maximum Gasteiger partial charge on any atom is 0.240 e. The summed E-state index contributed by atoms with van der Waals surface area (Å²) in [6.07, 6.45) is 2.62. The average molecular weight is 269 g/mol. The molecule has 0 heterocycles. The molecule has 1 fully saturated rings. The molecule has 0 radical (unpaired) electrons. The number of nitriles is 1. The Balaban J connectivity index is 2.11. The Morgan fingerprint density at radius 1 is 1.35 bits per heavy atom. The van der Waals surface area contributed by atoms with Crippen molar-refractivity contribution in [1.29, 1.82) is 5.26 Å². The number of benzene rings is 1. The number of carbonyl (C=O) groups is 2. The Bertz CT molecular complexity index is 597. The highest BCUT2D eigenvalue weighted by molar-refractivity contribution is 6.13. The largest absolute Gasteiger partial charge is 0.352 e. The van der Waals surface area contributed by atoms with Gasteiger partial charge < -0.3 is 10.6 Å². The molecule has 0 aromatic heterocycles. The van der Waals surface area contributed by atoms with Crippen molar-refractivity contribution in [3.05, 3.63) is 42.5 Å². The van der Waals surface area contributed by atoms with Gasteiger partial charge in [-0.25, -0.2) is 0 Å². The van der Waals surface area contributed by atoms with E-state index in [-0.39, 0.29) is 11.8 Å². The molecule has 0 unspecified atom stereocenters. The molecule has 0 bridgehead atoms. The standard InChI is InChI=1S/C15H15N3O2/c1-2-9-17-13(19)15(7-8-15)14(20)18-12-6-4-3-5-11(12)10-16/h2-6H,1,7-9H2,(H,17,19)(H,18,20). The summed E-state index contributed by atoms with van der Waals surface area (Å²) in [5, 5.41) is 14.3. The van der Waals surface area contributed by atoms with Crippen LogP contribution in [0.25, 0.3) is 0 Å². The second-order valence-electron chi connectivity index (χ2n) is 4.69. The quantitative estimate of drug-likeness (QED) is 0.629. The monoisotopic (exact) mass is 269 g/mol. The van der Waals surface area contributed by atoms with Gasteiger partial charge in [-0.2, -0.15) is 5.26 Å². The molecule has 0 saturated heterocycles. The van der Waals surface area contributed by atoms with E-state index < -0.39 is 5.41 Å². The highest BCUT2D eigenvalue weighted by Crippen LogP contribution is 2.46. The van der Waals surface area contributed by atoms with Crippen molar-refractivity contribution >= 4 is 17.5 Å². The van der Waals surface area contributed by atoms with E-state index in [0.29, 0.717) is 30.6 Å². The van der Waals surface area contributed by atoms with Gasteiger partial charge in [0.2, 0.25) is 11.8 Å². The first-order valence-electron chi connectivity index (χ1n) is 6.34. The van der Waals surface area contributed by atoms with E-state index in [4.69, 9.17) is 5.26 Å². The summed E-state index contributed by atoms with van der Waals surface area (Å²) in [4.78, 5) is 24.2. The van der Waals surface area contributed by atoms with Crippen LogP contribution in [0.1, 0.15) is 18.4 Å². The van der Waals surface area contributed by atoms with E-state index in [1.807, 2.05) is 6.07 Å². The number of carbonyl (C=O) groups excluding carboxylic acids is 2. The molecule has 0 atom stereocenters. The lowest BCUT2D eigenvalue weighted by atomic mass is 10.0. The van der Waals surface area contributed by atoms with Crippen molar-refractivity contribution in [3.8, 4) is 6.07 Å².